The van der Waals surface area contributed by atoms with Crippen molar-refractivity contribution in [2.75, 3.05) is 33.5 Å². The van der Waals surface area contributed by atoms with Gasteiger partial charge in [-0.3, -0.25) is 9.59 Å². The van der Waals surface area contributed by atoms with Crippen molar-refractivity contribution in [3.8, 4) is 5.75 Å². The van der Waals surface area contributed by atoms with Crippen molar-refractivity contribution in [2.24, 2.45) is 50.2 Å². The highest BCUT2D eigenvalue weighted by Crippen LogP contribution is 2.76. The van der Waals surface area contributed by atoms with Crippen molar-refractivity contribution in [2.45, 2.75) is 266 Å². The molecule has 9 fully saturated rings. The van der Waals surface area contributed by atoms with Gasteiger partial charge in [0.25, 0.3) is 0 Å². The summed E-state index contributed by atoms with van der Waals surface area (Å²) in [6, 6.07) is 6.74. The Morgan fingerprint density at radius 2 is 1.14 bits per heavy atom. The molecule has 0 aromatic heterocycles. The molecule has 0 amide bonds. The third-order valence-electron chi connectivity index (χ3n) is 24.8. The number of carboxylic acid groups (broad SMARTS) is 1. The predicted octanol–water partition coefficient (Wildman–Crippen LogP) is -2.24. The van der Waals surface area contributed by atoms with Gasteiger partial charge in [-0.25, -0.2) is 4.79 Å². The van der Waals surface area contributed by atoms with E-state index < -0.39 is 236 Å². The number of hydrogen-bond donors (Lipinski definition) is 16. The molecule has 1 aromatic carbocycles. The van der Waals surface area contributed by atoms with Gasteiger partial charge in [-0.15, -0.1) is 0 Å². The first-order valence-electron chi connectivity index (χ1n) is 34.6. The molecule has 0 bridgehead atoms. The molecule has 100 heavy (non-hydrogen) atoms. The van der Waals surface area contributed by atoms with Gasteiger partial charge in [0, 0.05) is 11.5 Å². The molecule has 0 spiro atoms. The zero-order valence-electron chi connectivity index (χ0n) is 57.3. The number of carboxylic acids is 1. The third kappa shape index (κ3) is 13.3. The Balaban J connectivity index is 0.855. The van der Waals surface area contributed by atoms with Gasteiger partial charge in [-0.1, -0.05) is 51.5 Å². The second kappa shape index (κ2) is 29.4. The fourth-order valence-electron chi connectivity index (χ4n) is 19.1. The van der Waals surface area contributed by atoms with E-state index in [0.29, 0.717) is 37.0 Å². The second-order valence-corrected chi connectivity index (χ2v) is 31.0. The van der Waals surface area contributed by atoms with Gasteiger partial charge < -0.3 is 139 Å². The van der Waals surface area contributed by atoms with Crippen LogP contribution in [0.1, 0.15) is 112 Å². The zero-order chi connectivity index (χ0) is 72.8. The van der Waals surface area contributed by atoms with Crippen LogP contribution in [-0.2, 0) is 66.5 Å². The number of benzene rings is 1. The highest BCUT2D eigenvalue weighted by atomic mass is 16.8. The minimum Gasteiger partial charge on any atom is -0.497 e. The number of fused-ring (bicyclic) bond motifs is 7. The Kier molecular flexibility index (Phi) is 22.6. The summed E-state index contributed by atoms with van der Waals surface area (Å²) in [6.45, 7) is 10.1. The lowest BCUT2D eigenvalue weighted by atomic mass is 9.33. The number of aliphatic hydroxyl groups excluding tert-OH is 15. The summed E-state index contributed by atoms with van der Waals surface area (Å²) in [7, 11) is 1.50. The van der Waals surface area contributed by atoms with E-state index >= 15 is 4.79 Å². The molecule has 1 aromatic rings. The lowest BCUT2D eigenvalue weighted by Crippen LogP contribution is -2.71. The van der Waals surface area contributed by atoms with Crippen molar-refractivity contribution in [3.05, 3.63) is 47.6 Å². The van der Waals surface area contributed by atoms with E-state index in [4.69, 9.17) is 56.8 Å². The summed E-state index contributed by atoms with van der Waals surface area (Å²) in [6.07, 6.45) is -37.2. The highest BCUT2D eigenvalue weighted by molar-refractivity contribution is 5.87. The Morgan fingerprint density at radius 1 is 0.570 bits per heavy atom. The van der Waals surface area contributed by atoms with Gasteiger partial charge >= 0.3 is 17.9 Å². The summed E-state index contributed by atoms with van der Waals surface area (Å²) in [5.74, 6) is -4.08. The molecule has 16 N–H and O–H groups in total. The third-order valence-corrected chi connectivity index (χ3v) is 24.8. The molecule has 564 valence electrons. The molecule has 31 nitrogen and oxygen atoms in total. The van der Waals surface area contributed by atoms with Crippen molar-refractivity contribution in [1.29, 1.82) is 0 Å². The van der Waals surface area contributed by atoms with Crippen LogP contribution < -0.4 is 4.74 Å². The van der Waals surface area contributed by atoms with E-state index in [2.05, 4.69) is 26.8 Å². The zero-order valence-corrected chi connectivity index (χ0v) is 57.3. The first kappa shape index (κ1) is 77.1. The number of carbonyl (C=O) groups is 3. The van der Waals surface area contributed by atoms with Crippen LogP contribution in [0.3, 0.4) is 0 Å². The van der Waals surface area contributed by atoms with Gasteiger partial charge in [0.15, 0.2) is 37.4 Å². The van der Waals surface area contributed by atoms with Crippen LogP contribution in [0.25, 0.3) is 6.08 Å². The maximum Gasteiger partial charge on any atom is 0.331 e. The van der Waals surface area contributed by atoms with Crippen molar-refractivity contribution < 1.29 is 153 Å². The van der Waals surface area contributed by atoms with Crippen LogP contribution in [0, 0.1) is 50.2 Å². The average Bonchev–Trinajstić information content (AvgIpc) is 0.669. The summed E-state index contributed by atoms with van der Waals surface area (Å²) in [5, 5.41) is 178. The molecular formula is C69H102O31. The Labute approximate surface area is 578 Å². The van der Waals surface area contributed by atoms with Gasteiger partial charge in [0.1, 0.15) is 103 Å². The number of rotatable bonds is 18. The highest BCUT2D eigenvalue weighted by Gasteiger charge is 2.74. The minimum atomic E-state index is -2.08. The van der Waals surface area contributed by atoms with E-state index in [9.17, 15) is 91.3 Å². The maximum atomic E-state index is 15.9. The standard InChI is InChI=1S/C69H102O31/c1-29-52(96-57-51(85)54(36(74)27-90-57)97-59-47(81)44(78)42(76)37(25-70)93-59)46(80)49(83)58(91-29)98-55-50(84)53(95-41(75)16-11-31-9-12-32(89-8)13-10-31)30(2)92-61(55)100-63(88)68-20-19-64(3,4)23-34(68)33-14-15-39-65(5)24-35(73)56(99-60-48(82)45(79)43(77)38(26-71)94-60)67(7,62(86)87)40(65)17-18-66(39,6)69(33,28-72)22-21-68/h9-14,16,29-30,34-40,42-61,70-74,76-85H,15,17-28H2,1-8H3,(H,86,87)/t29-,30+,34+,35+,36+,37-,38-,39-,40-,42-,43-,44+,45+,46-,47-,48-,49+,50-,51-,52-,53-,54+,55+,56+,57+,58-,59+,60+,61-,65-,66-,67+,68+,69+/m1/s1. The molecule has 0 unspecified atom stereocenters. The van der Waals surface area contributed by atoms with Gasteiger partial charge in [-0.2, -0.15) is 0 Å². The Hall–Kier alpha value is -4.05. The summed E-state index contributed by atoms with van der Waals surface area (Å²) in [5.41, 5.74) is -4.91. The molecule has 5 aliphatic heterocycles. The van der Waals surface area contributed by atoms with E-state index in [0.717, 1.165) is 11.6 Å². The number of aliphatic hydroxyl groups is 15. The number of esters is 2. The second-order valence-electron chi connectivity index (χ2n) is 31.0. The largest absolute Gasteiger partial charge is 0.497 e. The van der Waals surface area contributed by atoms with Crippen LogP contribution in [0.2, 0.25) is 0 Å². The molecule has 4 saturated carbocycles. The maximum absolute atomic E-state index is 15.9. The van der Waals surface area contributed by atoms with Crippen LogP contribution >= 0.6 is 0 Å². The Morgan fingerprint density at radius 3 is 1.75 bits per heavy atom. The smallest absolute Gasteiger partial charge is 0.331 e. The average molecular weight is 1430 g/mol. The molecule has 5 saturated heterocycles. The summed E-state index contributed by atoms with van der Waals surface area (Å²) in [4.78, 5) is 43.5. The minimum absolute atomic E-state index is 0.00578. The molecule has 11 rings (SSSR count). The number of ether oxygens (including phenoxy) is 12. The summed E-state index contributed by atoms with van der Waals surface area (Å²) < 4.78 is 71.2. The predicted molar refractivity (Wildman–Crippen MR) is 337 cm³/mol. The summed E-state index contributed by atoms with van der Waals surface area (Å²) >= 11 is 0. The topological polar surface area (TPSA) is 486 Å². The number of methoxy groups -OCH3 is 1. The fourth-order valence-corrected chi connectivity index (χ4v) is 19.1. The van der Waals surface area contributed by atoms with E-state index in [1.165, 1.54) is 34.0 Å². The van der Waals surface area contributed by atoms with Crippen molar-refractivity contribution in [3.63, 3.8) is 0 Å². The number of allylic oxidation sites excluding steroid dienone is 1. The van der Waals surface area contributed by atoms with Crippen molar-refractivity contribution >= 4 is 24.0 Å². The first-order valence-corrected chi connectivity index (χ1v) is 34.6. The molecule has 31 heteroatoms. The fraction of sp³-hybridized carbons (Fsp3) is 0.812. The van der Waals surface area contributed by atoms with Crippen LogP contribution in [-0.4, -0.2) is 293 Å². The van der Waals surface area contributed by atoms with Crippen molar-refractivity contribution in [1.82, 2.24) is 0 Å². The van der Waals surface area contributed by atoms with Gasteiger partial charge in [0.05, 0.1) is 62.7 Å². The van der Waals surface area contributed by atoms with E-state index in [1.807, 2.05) is 6.92 Å². The lowest BCUT2D eigenvalue weighted by Gasteiger charge is -2.71. The van der Waals surface area contributed by atoms with Crippen LogP contribution in [0.15, 0.2) is 42.0 Å². The normalized spacial score (nSPS) is 49.4. The molecule has 0 radical (unpaired) electrons. The van der Waals surface area contributed by atoms with E-state index in [1.54, 1.807) is 24.3 Å². The van der Waals surface area contributed by atoms with Gasteiger partial charge in [0.2, 0.25) is 6.29 Å². The monoisotopic (exact) mass is 1430 g/mol. The van der Waals surface area contributed by atoms with Gasteiger partial charge in [-0.05, 0) is 136 Å². The molecule has 5 aliphatic carbocycles. The van der Waals surface area contributed by atoms with E-state index in [-0.39, 0.29) is 50.0 Å². The molecule has 10 aliphatic rings. The SMILES string of the molecule is COc1ccc(C=CC(=O)O[C@H]2[C@@H](O)[C@H](O[C@H]3O[C@H](C)[C@@H](O[C@@H]4OC[C@H](O)[C@H](O[C@@H]5O[C@H](CO)[C@@H](O)[C@H](O)[C@H]5O)[C@H]4O)[C@H](O)[C@@H]3O)[C@@H](OC(=O)[C@]34CCC(C)(C)C[C@H]3C3=CC[C@@H]5[C@@]6(C)C[C@H](O)[C@H](O[C@@H]7O[C@H](CO)[C@@H](O)[C@H](O)[C@H]7O)[C@@](C)(C(=O)O)[C@@H]6CC[C@@]5(C)[C@]3(CO)CC4)O[C@H]2C)cc1. The number of hydrogen-bond acceptors (Lipinski definition) is 30. The molecule has 5 heterocycles. The Bertz CT molecular complexity index is 3100. The number of carbonyl (C=O) groups excluding carboxylic acids is 2. The molecular weight excluding hydrogens is 1320 g/mol. The number of aliphatic carboxylic acids is 1. The lowest BCUT2D eigenvalue weighted by molar-refractivity contribution is -0.380. The quantitative estimate of drug-likeness (QED) is 0.0320. The molecule has 34 atom stereocenters. The first-order chi connectivity index (χ1) is 47.1. The van der Waals surface area contributed by atoms with Crippen LogP contribution in [0.5, 0.6) is 5.75 Å². The van der Waals surface area contributed by atoms with Crippen LogP contribution in [0.4, 0.5) is 0 Å².